The lowest BCUT2D eigenvalue weighted by molar-refractivity contribution is 0.414. The number of aromatic nitrogens is 2. The van der Waals surface area contributed by atoms with E-state index in [4.69, 9.17) is 5.73 Å². The van der Waals surface area contributed by atoms with Crippen molar-refractivity contribution in [2.45, 2.75) is 33.2 Å². The number of anilines is 1. The Kier molecular flexibility index (Phi) is 2.00. The second-order valence-corrected chi connectivity index (χ2v) is 4.92. The third kappa shape index (κ3) is 1.48. The number of benzene rings is 1. The maximum atomic E-state index is 5.96. The van der Waals surface area contributed by atoms with E-state index in [1.165, 1.54) is 5.56 Å². The van der Waals surface area contributed by atoms with E-state index < -0.39 is 0 Å². The van der Waals surface area contributed by atoms with Crippen LogP contribution in [0.15, 0.2) is 18.2 Å². The van der Waals surface area contributed by atoms with E-state index in [2.05, 4.69) is 43.3 Å². The van der Waals surface area contributed by atoms with Gasteiger partial charge in [0.25, 0.3) is 0 Å². The summed E-state index contributed by atoms with van der Waals surface area (Å²) in [7, 11) is 0. The van der Waals surface area contributed by atoms with Crippen LogP contribution in [0.3, 0.4) is 0 Å². The predicted octanol–water partition coefficient (Wildman–Crippen LogP) is 2.68. The van der Waals surface area contributed by atoms with Crippen molar-refractivity contribution in [1.29, 1.82) is 0 Å². The summed E-state index contributed by atoms with van der Waals surface area (Å²) < 4.78 is 2.09. The van der Waals surface area contributed by atoms with Crippen LogP contribution in [-0.2, 0) is 5.54 Å². The van der Waals surface area contributed by atoms with Crippen LogP contribution in [0.4, 0.5) is 5.95 Å². The highest BCUT2D eigenvalue weighted by atomic mass is 15.2. The largest absolute Gasteiger partial charge is 0.369 e. The van der Waals surface area contributed by atoms with Gasteiger partial charge in [0.1, 0.15) is 0 Å². The molecule has 1 aromatic carbocycles. The molecule has 0 saturated carbocycles. The summed E-state index contributed by atoms with van der Waals surface area (Å²) in [6, 6.07) is 6.10. The molecular formula is C12H17N3. The molecule has 1 aromatic heterocycles. The maximum absolute atomic E-state index is 5.96. The Bertz CT molecular complexity index is 503. The van der Waals surface area contributed by atoms with Crippen molar-refractivity contribution in [2.24, 2.45) is 0 Å². The van der Waals surface area contributed by atoms with Gasteiger partial charge >= 0.3 is 0 Å². The maximum Gasteiger partial charge on any atom is 0.201 e. The Morgan fingerprint density at radius 1 is 1.27 bits per heavy atom. The third-order valence-electron chi connectivity index (χ3n) is 2.57. The molecule has 2 rings (SSSR count). The number of imidazole rings is 1. The molecule has 80 valence electrons. The molecule has 0 spiro atoms. The molecule has 2 aromatic rings. The van der Waals surface area contributed by atoms with Gasteiger partial charge < -0.3 is 10.3 Å². The second kappa shape index (κ2) is 2.99. The summed E-state index contributed by atoms with van der Waals surface area (Å²) in [6.45, 7) is 8.50. The number of nitrogens with zero attached hydrogens (tertiary/aromatic N) is 2. The van der Waals surface area contributed by atoms with Crippen LogP contribution < -0.4 is 5.73 Å². The summed E-state index contributed by atoms with van der Waals surface area (Å²) in [5.41, 5.74) is 9.25. The van der Waals surface area contributed by atoms with Crippen molar-refractivity contribution in [2.75, 3.05) is 5.73 Å². The fraction of sp³-hybridized carbons (Fsp3) is 0.417. The Labute approximate surface area is 89.9 Å². The average molecular weight is 203 g/mol. The van der Waals surface area contributed by atoms with E-state index in [0.717, 1.165) is 11.0 Å². The van der Waals surface area contributed by atoms with E-state index >= 15 is 0 Å². The average Bonchev–Trinajstić information content (AvgIpc) is 2.41. The molecule has 15 heavy (non-hydrogen) atoms. The Morgan fingerprint density at radius 3 is 2.53 bits per heavy atom. The number of hydrogen-bond acceptors (Lipinski definition) is 2. The molecular weight excluding hydrogens is 186 g/mol. The molecule has 0 aliphatic carbocycles. The smallest absolute Gasteiger partial charge is 0.201 e. The molecule has 0 amide bonds. The zero-order valence-electron chi connectivity index (χ0n) is 9.70. The summed E-state index contributed by atoms with van der Waals surface area (Å²) in [6.07, 6.45) is 0. The molecule has 0 fully saturated rings. The molecule has 3 nitrogen and oxygen atoms in total. The number of aryl methyl sites for hydroxylation is 1. The number of rotatable bonds is 0. The fourth-order valence-electron chi connectivity index (χ4n) is 1.99. The zero-order chi connectivity index (χ0) is 11.2. The molecule has 3 heteroatoms. The molecule has 1 heterocycles. The van der Waals surface area contributed by atoms with Crippen molar-refractivity contribution in [3.63, 3.8) is 0 Å². The van der Waals surface area contributed by atoms with E-state index in [1.54, 1.807) is 0 Å². The first-order valence-electron chi connectivity index (χ1n) is 5.15. The van der Waals surface area contributed by atoms with Gasteiger partial charge in [0.05, 0.1) is 11.0 Å². The summed E-state index contributed by atoms with van der Waals surface area (Å²) in [5.74, 6) is 0.590. The summed E-state index contributed by atoms with van der Waals surface area (Å²) in [5, 5.41) is 0. The second-order valence-electron chi connectivity index (χ2n) is 4.92. The normalized spacial score (nSPS) is 12.3. The van der Waals surface area contributed by atoms with Gasteiger partial charge in [-0.25, -0.2) is 4.98 Å². The van der Waals surface area contributed by atoms with Gasteiger partial charge in [-0.3, -0.25) is 0 Å². The lowest BCUT2D eigenvalue weighted by atomic mass is 10.1. The molecule has 0 unspecified atom stereocenters. The Morgan fingerprint density at radius 2 is 1.93 bits per heavy atom. The minimum atomic E-state index is -0.0368. The van der Waals surface area contributed by atoms with Crippen LogP contribution in [0.5, 0.6) is 0 Å². The minimum Gasteiger partial charge on any atom is -0.369 e. The van der Waals surface area contributed by atoms with Crippen LogP contribution in [0.25, 0.3) is 11.0 Å². The van der Waals surface area contributed by atoms with Crippen molar-refractivity contribution < 1.29 is 0 Å². The molecule has 0 radical (unpaired) electrons. The first-order chi connectivity index (χ1) is 6.91. The van der Waals surface area contributed by atoms with Gasteiger partial charge in [-0.15, -0.1) is 0 Å². The SMILES string of the molecule is Cc1cccc2nc(N)n(C(C)(C)C)c12. The van der Waals surface area contributed by atoms with Crippen molar-refractivity contribution >= 4 is 17.0 Å². The van der Waals surface area contributed by atoms with E-state index in [9.17, 15) is 0 Å². The first kappa shape index (κ1) is 10.0. The zero-order valence-corrected chi connectivity index (χ0v) is 9.70. The highest BCUT2D eigenvalue weighted by molar-refractivity contribution is 5.81. The van der Waals surface area contributed by atoms with Crippen LogP contribution in [0.2, 0.25) is 0 Å². The molecule has 0 bridgehead atoms. The van der Waals surface area contributed by atoms with Gasteiger partial charge in [-0.05, 0) is 39.3 Å². The van der Waals surface area contributed by atoms with Crippen LogP contribution in [0, 0.1) is 6.92 Å². The third-order valence-corrected chi connectivity index (χ3v) is 2.57. The van der Waals surface area contributed by atoms with Gasteiger partial charge in [-0.2, -0.15) is 0 Å². The lowest BCUT2D eigenvalue weighted by Gasteiger charge is -2.23. The number of fused-ring (bicyclic) bond motifs is 1. The fourth-order valence-corrected chi connectivity index (χ4v) is 1.99. The molecule has 0 saturated heterocycles. The quantitative estimate of drug-likeness (QED) is 0.715. The van der Waals surface area contributed by atoms with E-state index in [-0.39, 0.29) is 5.54 Å². The van der Waals surface area contributed by atoms with Gasteiger partial charge in [-0.1, -0.05) is 12.1 Å². The topological polar surface area (TPSA) is 43.8 Å². The highest BCUT2D eigenvalue weighted by Crippen LogP contribution is 2.28. The minimum absolute atomic E-state index is 0.0368. The van der Waals surface area contributed by atoms with Gasteiger partial charge in [0.2, 0.25) is 5.95 Å². The summed E-state index contributed by atoms with van der Waals surface area (Å²) >= 11 is 0. The molecule has 0 aliphatic heterocycles. The van der Waals surface area contributed by atoms with Gasteiger partial charge in [0, 0.05) is 5.54 Å². The molecule has 0 aliphatic rings. The molecule has 2 N–H and O–H groups in total. The monoisotopic (exact) mass is 203 g/mol. The number of nitrogen functional groups attached to an aromatic ring is 1. The van der Waals surface area contributed by atoms with Crippen molar-refractivity contribution in [3.05, 3.63) is 23.8 Å². The number of nitrogens with two attached hydrogens (primary N) is 1. The van der Waals surface area contributed by atoms with Crippen molar-refractivity contribution in [1.82, 2.24) is 9.55 Å². The summed E-state index contributed by atoms with van der Waals surface area (Å²) in [4.78, 5) is 4.38. The predicted molar refractivity (Wildman–Crippen MR) is 63.9 cm³/mol. The number of hydrogen-bond donors (Lipinski definition) is 1. The molecule has 0 atom stereocenters. The Balaban J connectivity index is 2.89. The van der Waals surface area contributed by atoms with Crippen LogP contribution in [-0.4, -0.2) is 9.55 Å². The highest BCUT2D eigenvalue weighted by Gasteiger charge is 2.20. The van der Waals surface area contributed by atoms with Crippen LogP contribution >= 0.6 is 0 Å². The number of para-hydroxylation sites is 1. The van der Waals surface area contributed by atoms with E-state index in [0.29, 0.717) is 5.95 Å². The van der Waals surface area contributed by atoms with Gasteiger partial charge in [0.15, 0.2) is 0 Å². The Hall–Kier alpha value is -1.51. The standard InChI is InChI=1S/C12H17N3/c1-8-6-5-7-9-10(8)15(11(13)14-9)12(2,3)4/h5-7H,1-4H3,(H2,13,14). The van der Waals surface area contributed by atoms with E-state index in [1.807, 2.05) is 12.1 Å². The first-order valence-corrected chi connectivity index (χ1v) is 5.15. The van der Waals surface area contributed by atoms with Crippen LogP contribution in [0.1, 0.15) is 26.3 Å². The van der Waals surface area contributed by atoms with Crippen molar-refractivity contribution in [3.8, 4) is 0 Å². The lowest BCUT2D eigenvalue weighted by Crippen LogP contribution is -2.23.